The minimum Gasteiger partial charge on any atom is -0.469 e. The summed E-state index contributed by atoms with van der Waals surface area (Å²) in [4.78, 5) is 13.7. The molecule has 94 valence electrons. The number of nitrogens with two attached hydrogens (primary N) is 1. The summed E-state index contributed by atoms with van der Waals surface area (Å²) in [6.07, 6.45) is 4.07. The Morgan fingerprint density at radius 3 is 2.94 bits per heavy atom. The second-order valence-corrected chi connectivity index (χ2v) is 4.77. The van der Waals surface area contributed by atoms with Crippen LogP contribution in [0.5, 0.6) is 0 Å². The first kappa shape index (κ1) is 13.5. The van der Waals surface area contributed by atoms with E-state index in [9.17, 15) is 4.79 Å². The van der Waals surface area contributed by atoms with E-state index < -0.39 is 0 Å². The Hall–Kier alpha value is -0.610. The molecule has 2 unspecified atom stereocenters. The van der Waals surface area contributed by atoms with Gasteiger partial charge in [0.2, 0.25) is 0 Å². The maximum atomic E-state index is 11.3. The van der Waals surface area contributed by atoms with Gasteiger partial charge in [0.15, 0.2) is 0 Å². The van der Waals surface area contributed by atoms with Gasteiger partial charge in [-0.15, -0.1) is 0 Å². The van der Waals surface area contributed by atoms with Gasteiger partial charge in [-0.2, -0.15) is 0 Å². The van der Waals surface area contributed by atoms with Gasteiger partial charge in [-0.25, -0.2) is 0 Å². The number of hydrogen-bond donors (Lipinski definition) is 1. The maximum Gasteiger partial charge on any atom is 0.307 e. The van der Waals surface area contributed by atoms with Gasteiger partial charge in [0.25, 0.3) is 0 Å². The highest BCUT2D eigenvalue weighted by atomic mass is 16.5. The lowest BCUT2D eigenvalue weighted by atomic mass is 9.98. The molecule has 1 heterocycles. The average molecular weight is 228 g/mol. The first-order valence-electron chi connectivity index (χ1n) is 6.18. The number of esters is 1. The average Bonchev–Trinajstić information content (AvgIpc) is 2.31. The number of nitrogens with zero attached hydrogens (tertiary/aromatic N) is 1. The first-order chi connectivity index (χ1) is 7.67. The number of likely N-dealkylation sites (tertiary alicyclic amines) is 1. The fraction of sp³-hybridized carbons (Fsp3) is 0.917. The maximum absolute atomic E-state index is 11.3. The van der Waals surface area contributed by atoms with Crippen LogP contribution in [0.15, 0.2) is 0 Å². The zero-order valence-corrected chi connectivity index (χ0v) is 10.4. The summed E-state index contributed by atoms with van der Waals surface area (Å²) in [7, 11) is 1.46. The smallest absolute Gasteiger partial charge is 0.307 e. The molecule has 0 spiro atoms. The lowest BCUT2D eigenvalue weighted by Gasteiger charge is -2.36. The lowest BCUT2D eigenvalue weighted by Crippen LogP contribution is -2.44. The Labute approximate surface area is 98.1 Å². The zero-order valence-electron chi connectivity index (χ0n) is 10.4. The van der Waals surface area contributed by atoms with E-state index in [2.05, 4.69) is 11.8 Å². The second-order valence-electron chi connectivity index (χ2n) is 4.77. The van der Waals surface area contributed by atoms with Gasteiger partial charge < -0.3 is 10.5 Å². The fourth-order valence-electron chi connectivity index (χ4n) is 2.28. The van der Waals surface area contributed by atoms with E-state index in [0.717, 1.165) is 19.5 Å². The van der Waals surface area contributed by atoms with E-state index in [1.54, 1.807) is 0 Å². The quantitative estimate of drug-likeness (QED) is 0.713. The third-order valence-electron chi connectivity index (χ3n) is 3.33. The van der Waals surface area contributed by atoms with Crippen molar-refractivity contribution in [2.75, 3.05) is 26.7 Å². The summed E-state index contributed by atoms with van der Waals surface area (Å²) in [5, 5.41) is 0. The predicted octanol–water partition coefficient (Wildman–Crippen LogP) is 0.999. The summed E-state index contributed by atoms with van der Waals surface area (Å²) in [6.45, 7) is 4.95. The molecule has 1 rings (SSSR count). The number of ether oxygens (including phenoxy) is 1. The Balaban J connectivity index is 2.46. The van der Waals surface area contributed by atoms with Gasteiger partial charge in [-0.05, 0) is 31.8 Å². The summed E-state index contributed by atoms with van der Waals surface area (Å²) in [5.74, 6) is 0.399. The molecule has 0 bridgehead atoms. The second kappa shape index (κ2) is 6.86. The molecule has 0 aromatic rings. The minimum atomic E-state index is -0.0997. The van der Waals surface area contributed by atoms with Crippen LogP contribution in [-0.4, -0.2) is 43.7 Å². The Morgan fingerprint density at radius 2 is 2.31 bits per heavy atom. The summed E-state index contributed by atoms with van der Waals surface area (Å²) < 4.78 is 4.74. The van der Waals surface area contributed by atoms with Crippen LogP contribution in [0.25, 0.3) is 0 Å². The van der Waals surface area contributed by atoms with Crippen molar-refractivity contribution in [1.29, 1.82) is 0 Å². The SMILES string of the molecule is COC(=O)CC1CCCCN1CC(C)CN. The highest BCUT2D eigenvalue weighted by Crippen LogP contribution is 2.21. The van der Waals surface area contributed by atoms with E-state index >= 15 is 0 Å². The number of carbonyl (C=O) groups is 1. The van der Waals surface area contributed by atoms with Crippen molar-refractivity contribution < 1.29 is 9.53 Å². The van der Waals surface area contributed by atoms with Crippen LogP contribution in [0.3, 0.4) is 0 Å². The molecule has 16 heavy (non-hydrogen) atoms. The summed E-state index contributed by atoms with van der Waals surface area (Å²) in [6, 6.07) is 0.357. The first-order valence-corrected chi connectivity index (χ1v) is 6.18. The van der Waals surface area contributed by atoms with Gasteiger partial charge in [-0.3, -0.25) is 9.69 Å². The molecule has 1 aliphatic heterocycles. The molecule has 1 fully saturated rings. The van der Waals surface area contributed by atoms with Crippen molar-refractivity contribution in [2.24, 2.45) is 11.7 Å². The van der Waals surface area contributed by atoms with Crippen LogP contribution in [0, 0.1) is 5.92 Å². The van der Waals surface area contributed by atoms with Crippen LogP contribution in [0.1, 0.15) is 32.6 Å². The van der Waals surface area contributed by atoms with Crippen LogP contribution in [0.2, 0.25) is 0 Å². The molecule has 2 N–H and O–H groups in total. The molecule has 2 atom stereocenters. The number of carbonyl (C=O) groups excluding carboxylic acids is 1. The minimum absolute atomic E-state index is 0.0997. The van der Waals surface area contributed by atoms with E-state index in [1.165, 1.54) is 20.0 Å². The molecule has 1 aliphatic rings. The predicted molar refractivity (Wildman–Crippen MR) is 64.1 cm³/mol. The van der Waals surface area contributed by atoms with Crippen molar-refractivity contribution in [3.8, 4) is 0 Å². The summed E-state index contributed by atoms with van der Waals surface area (Å²) >= 11 is 0. The van der Waals surface area contributed by atoms with E-state index in [0.29, 0.717) is 24.9 Å². The van der Waals surface area contributed by atoms with Crippen molar-refractivity contribution >= 4 is 5.97 Å². The Bertz CT molecular complexity index is 221. The molecule has 4 heteroatoms. The number of hydrogen-bond acceptors (Lipinski definition) is 4. The van der Waals surface area contributed by atoms with Crippen molar-refractivity contribution in [3.05, 3.63) is 0 Å². The molecule has 0 saturated carbocycles. The molecular formula is C12H24N2O2. The highest BCUT2D eigenvalue weighted by Gasteiger charge is 2.25. The third-order valence-corrected chi connectivity index (χ3v) is 3.33. The molecule has 0 amide bonds. The van der Waals surface area contributed by atoms with Crippen LogP contribution < -0.4 is 5.73 Å². The molecule has 0 aromatic heterocycles. The molecule has 0 radical (unpaired) electrons. The molecular weight excluding hydrogens is 204 g/mol. The van der Waals surface area contributed by atoms with Gasteiger partial charge >= 0.3 is 5.97 Å². The third kappa shape index (κ3) is 4.10. The summed E-state index contributed by atoms with van der Waals surface area (Å²) in [5.41, 5.74) is 5.64. The van der Waals surface area contributed by atoms with E-state index in [-0.39, 0.29) is 5.97 Å². The van der Waals surface area contributed by atoms with Crippen molar-refractivity contribution in [3.63, 3.8) is 0 Å². The van der Waals surface area contributed by atoms with E-state index in [1.807, 2.05) is 0 Å². The topological polar surface area (TPSA) is 55.6 Å². The molecule has 1 saturated heterocycles. The van der Waals surface area contributed by atoms with Crippen LogP contribution in [0.4, 0.5) is 0 Å². The van der Waals surface area contributed by atoms with Crippen molar-refractivity contribution in [2.45, 2.75) is 38.6 Å². The van der Waals surface area contributed by atoms with Gasteiger partial charge in [0.1, 0.15) is 0 Å². The monoisotopic (exact) mass is 228 g/mol. The molecule has 0 aromatic carbocycles. The lowest BCUT2D eigenvalue weighted by molar-refractivity contribution is -0.142. The number of methoxy groups -OCH3 is 1. The van der Waals surface area contributed by atoms with Crippen LogP contribution in [-0.2, 0) is 9.53 Å². The van der Waals surface area contributed by atoms with Crippen LogP contribution >= 0.6 is 0 Å². The zero-order chi connectivity index (χ0) is 12.0. The molecule has 0 aliphatic carbocycles. The Kier molecular flexibility index (Phi) is 5.77. The highest BCUT2D eigenvalue weighted by molar-refractivity contribution is 5.69. The van der Waals surface area contributed by atoms with Gasteiger partial charge in [0.05, 0.1) is 13.5 Å². The fourth-order valence-corrected chi connectivity index (χ4v) is 2.28. The molecule has 4 nitrogen and oxygen atoms in total. The number of rotatable bonds is 5. The van der Waals surface area contributed by atoms with Gasteiger partial charge in [-0.1, -0.05) is 13.3 Å². The number of piperidine rings is 1. The van der Waals surface area contributed by atoms with E-state index in [4.69, 9.17) is 10.5 Å². The van der Waals surface area contributed by atoms with Gasteiger partial charge in [0, 0.05) is 12.6 Å². The normalized spacial score (nSPS) is 24.1. The van der Waals surface area contributed by atoms with Crippen molar-refractivity contribution in [1.82, 2.24) is 4.90 Å². The Morgan fingerprint density at radius 1 is 1.56 bits per heavy atom. The standard InChI is InChI=1S/C12H24N2O2/c1-10(8-13)9-14-6-4-3-5-11(14)7-12(15)16-2/h10-11H,3-9,13H2,1-2H3. The largest absolute Gasteiger partial charge is 0.469 e.